The molecule has 0 heterocycles. The fourth-order valence-electron chi connectivity index (χ4n) is 1.25. The first-order valence-corrected chi connectivity index (χ1v) is 6.97. The molecule has 2 atom stereocenters. The van der Waals surface area contributed by atoms with Gasteiger partial charge in [-0.1, -0.05) is 11.6 Å². The number of halogens is 2. The molecule has 1 aromatic carbocycles. The first-order chi connectivity index (χ1) is 7.49. The summed E-state index contributed by atoms with van der Waals surface area (Å²) in [5.41, 5.74) is 0.791. The zero-order chi connectivity index (χ0) is 12.1. The normalized spacial score (nSPS) is 14.8. The zero-order valence-electron chi connectivity index (χ0n) is 9.30. The van der Waals surface area contributed by atoms with E-state index >= 15 is 0 Å². The summed E-state index contributed by atoms with van der Waals surface area (Å²) in [4.78, 5) is 0. The molecule has 0 radical (unpaired) electrons. The van der Waals surface area contributed by atoms with Crippen LogP contribution in [0.2, 0.25) is 5.02 Å². The molecule has 2 nitrogen and oxygen atoms in total. The molecule has 5 heteroatoms. The summed E-state index contributed by atoms with van der Waals surface area (Å²) in [6, 6.07) is 4.42. The lowest BCUT2D eigenvalue weighted by molar-refractivity contribution is 0.617. The Morgan fingerprint density at radius 3 is 2.75 bits per heavy atom. The van der Waals surface area contributed by atoms with Crippen molar-refractivity contribution in [3.05, 3.63) is 34.6 Å². The fraction of sp³-hybridized carbons (Fsp3) is 0.455. The first-order valence-electron chi connectivity index (χ1n) is 4.97. The lowest BCUT2D eigenvalue weighted by Gasteiger charge is -2.10. The van der Waals surface area contributed by atoms with Gasteiger partial charge in [0.15, 0.2) is 0 Å². The SMILES string of the molecule is CC(CNCc1cc(F)cc(Cl)c1)S(C)=O. The van der Waals surface area contributed by atoms with E-state index in [-0.39, 0.29) is 11.1 Å². The van der Waals surface area contributed by atoms with Crippen LogP contribution < -0.4 is 5.32 Å². The average Bonchev–Trinajstić information content (AvgIpc) is 2.15. The van der Waals surface area contributed by atoms with Gasteiger partial charge in [0.1, 0.15) is 5.82 Å². The molecule has 1 N–H and O–H groups in total. The third-order valence-corrected chi connectivity index (χ3v) is 3.77. The molecule has 2 unspecified atom stereocenters. The predicted molar refractivity (Wildman–Crippen MR) is 66.6 cm³/mol. The van der Waals surface area contributed by atoms with Gasteiger partial charge in [-0.05, 0) is 30.7 Å². The number of hydrogen-bond acceptors (Lipinski definition) is 2. The molecule has 1 aromatic rings. The zero-order valence-corrected chi connectivity index (χ0v) is 10.9. The van der Waals surface area contributed by atoms with Gasteiger partial charge in [-0.25, -0.2) is 4.39 Å². The first kappa shape index (κ1) is 13.6. The third kappa shape index (κ3) is 4.60. The number of benzene rings is 1. The van der Waals surface area contributed by atoms with Gasteiger partial charge in [0.25, 0.3) is 0 Å². The lowest BCUT2D eigenvalue weighted by Crippen LogP contribution is -2.27. The van der Waals surface area contributed by atoms with Gasteiger partial charge in [0.05, 0.1) is 0 Å². The second kappa shape index (κ2) is 6.33. The van der Waals surface area contributed by atoms with Crippen LogP contribution in [0.25, 0.3) is 0 Å². The topological polar surface area (TPSA) is 29.1 Å². The maximum atomic E-state index is 13.0. The maximum Gasteiger partial charge on any atom is 0.125 e. The Kier molecular flexibility index (Phi) is 5.38. The molecule has 0 aliphatic carbocycles. The van der Waals surface area contributed by atoms with Gasteiger partial charge in [0.2, 0.25) is 0 Å². The highest BCUT2D eigenvalue weighted by Crippen LogP contribution is 2.13. The molecule has 0 aromatic heterocycles. The van der Waals surface area contributed by atoms with E-state index in [9.17, 15) is 8.60 Å². The van der Waals surface area contributed by atoms with Crippen molar-refractivity contribution >= 4 is 22.4 Å². The van der Waals surface area contributed by atoms with Crippen molar-refractivity contribution in [1.29, 1.82) is 0 Å². The molecule has 0 saturated carbocycles. The minimum absolute atomic E-state index is 0.0871. The van der Waals surface area contributed by atoms with E-state index in [1.165, 1.54) is 12.1 Å². The van der Waals surface area contributed by atoms with Gasteiger partial charge in [-0.3, -0.25) is 4.21 Å². The Bertz CT molecular complexity index is 366. The van der Waals surface area contributed by atoms with Gasteiger partial charge in [-0.2, -0.15) is 0 Å². The lowest BCUT2D eigenvalue weighted by atomic mass is 10.2. The summed E-state index contributed by atoms with van der Waals surface area (Å²) < 4.78 is 24.1. The second-order valence-corrected chi connectivity index (χ2v) is 5.96. The van der Waals surface area contributed by atoms with Crippen molar-refractivity contribution in [2.24, 2.45) is 0 Å². The Morgan fingerprint density at radius 2 is 2.19 bits per heavy atom. The van der Waals surface area contributed by atoms with Crippen molar-refractivity contribution in [2.45, 2.75) is 18.7 Å². The molecular formula is C11H15ClFNOS. The molecule has 1 rings (SSSR count). The summed E-state index contributed by atoms with van der Waals surface area (Å²) in [5, 5.41) is 3.60. The van der Waals surface area contributed by atoms with E-state index in [0.29, 0.717) is 18.1 Å². The summed E-state index contributed by atoms with van der Waals surface area (Å²) >= 11 is 5.73. The highest BCUT2D eigenvalue weighted by Gasteiger charge is 2.05. The molecule has 0 aliphatic rings. The highest BCUT2D eigenvalue weighted by atomic mass is 35.5. The minimum Gasteiger partial charge on any atom is -0.311 e. The molecule has 0 amide bonds. The fourth-order valence-corrected chi connectivity index (χ4v) is 1.85. The van der Waals surface area contributed by atoms with Crippen LogP contribution in [0.5, 0.6) is 0 Å². The Morgan fingerprint density at radius 1 is 1.50 bits per heavy atom. The quantitative estimate of drug-likeness (QED) is 0.884. The summed E-state index contributed by atoms with van der Waals surface area (Å²) in [6.07, 6.45) is 1.67. The second-order valence-electron chi connectivity index (χ2n) is 3.72. The largest absolute Gasteiger partial charge is 0.311 e. The number of rotatable bonds is 5. The number of hydrogen-bond donors (Lipinski definition) is 1. The van der Waals surface area contributed by atoms with Gasteiger partial charge >= 0.3 is 0 Å². The maximum absolute atomic E-state index is 13.0. The summed E-state index contributed by atoms with van der Waals surface area (Å²) in [5.74, 6) is -0.337. The van der Waals surface area contributed by atoms with Gasteiger partial charge < -0.3 is 5.32 Å². The summed E-state index contributed by atoms with van der Waals surface area (Å²) in [6.45, 7) is 3.07. The third-order valence-electron chi connectivity index (χ3n) is 2.25. The Hall–Kier alpha value is -0.450. The van der Waals surface area contributed by atoms with Crippen molar-refractivity contribution in [3.8, 4) is 0 Å². The molecule has 0 fully saturated rings. The molecular weight excluding hydrogens is 249 g/mol. The van der Waals surface area contributed by atoms with E-state index < -0.39 is 10.8 Å². The van der Waals surface area contributed by atoms with E-state index in [1.54, 1.807) is 12.3 Å². The summed E-state index contributed by atoms with van der Waals surface area (Å²) in [7, 11) is -0.840. The molecule has 90 valence electrons. The van der Waals surface area contributed by atoms with Crippen LogP contribution in [0.1, 0.15) is 12.5 Å². The van der Waals surface area contributed by atoms with E-state index in [4.69, 9.17) is 11.6 Å². The van der Waals surface area contributed by atoms with Gasteiger partial charge in [0, 0.05) is 40.4 Å². The van der Waals surface area contributed by atoms with Crippen LogP contribution in [0.4, 0.5) is 4.39 Å². The Balaban J connectivity index is 2.46. The predicted octanol–water partition coefficient (Wildman–Crippen LogP) is 2.34. The standard InChI is InChI=1S/C11H15ClFNOS/c1-8(16(2)15)6-14-7-9-3-10(12)5-11(13)4-9/h3-5,8,14H,6-7H2,1-2H3. The molecule has 0 bridgehead atoms. The van der Waals surface area contributed by atoms with Crippen molar-refractivity contribution in [3.63, 3.8) is 0 Å². The van der Waals surface area contributed by atoms with Crippen LogP contribution in [-0.4, -0.2) is 22.3 Å². The monoisotopic (exact) mass is 263 g/mol. The van der Waals surface area contributed by atoms with E-state index in [2.05, 4.69) is 5.32 Å². The molecule has 0 aliphatic heterocycles. The molecule has 16 heavy (non-hydrogen) atoms. The smallest absolute Gasteiger partial charge is 0.125 e. The minimum atomic E-state index is -0.840. The van der Waals surface area contributed by atoms with E-state index in [1.807, 2.05) is 6.92 Å². The highest BCUT2D eigenvalue weighted by molar-refractivity contribution is 7.84. The molecule has 0 saturated heterocycles. The Labute approximate surface area is 103 Å². The van der Waals surface area contributed by atoms with Crippen LogP contribution in [0.3, 0.4) is 0 Å². The van der Waals surface area contributed by atoms with Crippen LogP contribution in [0.15, 0.2) is 18.2 Å². The van der Waals surface area contributed by atoms with Crippen LogP contribution in [0, 0.1) is 5.82 Å². The number of nitrogens with one attached hydrogen (secondary N) is 1. The van der Waals surface area contributed by atoms with Crippen molar-refractivity contribution in [1.82, 2.24) is 5.32 Å². The average molecular weight is 264 g/mol. The molecule has 0 spiro atoms. The van der Waals surface area contributed by atoms with Crippen LogP contribution in [-0.2, 0) is 17.3 Å². The van der Waals surface area contributed by atoms with Gasteiger partial charge in [-0.15, -0.1) is 0 Å². The van der Waals surface area contributed by atoms with E-state index in [0.717, 1.165) is 5.56 Å². The van der Waals surface area contributed by atoms with Crippen molar-refractivity contribution < 1.29 is 8.60 Å². The van der Waals surface area contributed by atoms with Crippen molar-refractivity contribution in [2.75, 3.05) is 12.8 Å². The van der Waals surface area contributed by atoms with Crippen LogP contribution >= 0.6 is 11.6 Å².